The van der Waals surface area contributed by atoms with E-state index in [1.165, 1.54) is 49.1 Å². The molecule has 43 heavy (non-hydrogen) atoms. The summed E-state index contributed by atoms with van der Waals surface area (Å²) < 4.78 is 14.5. The number of rotatable bonds is 2. The number of benzene rings is 7. The Morgan fingerprint density at radius 1 is 0.419 bits per heavy atom. The molecule has 0 aliphatic heterocycles. The van der Waals surface area contributed by atoms with Gasteiger partial charge in [0.05, 0.1) is 17.3 Å². The minimum Gasteiger partial charge on any atom is -0.464 e. The van der Waals surface area contributed by atoms with Crippen LogP contribution in [0, 0.1) is 0 Å². The Morgan fingerprint density at radius 3 is 2.16 bits per heavy atom. The van der Waals surface area contributed by atoms with Gasteiger partial charge < -0.3 is 13.4 Å². The monoisotopic (exact) mass is 549 g/mol. The van der Waals surface area contributed by atoms with Gasteiger partial charge in [-0.05, 0) is 105 Å². The molecule has 0 aliphatic carbocycles. The SMILES string of the molecule is c1ccc(-n2c3ccccc3c3cc(-c4cc5cc6occc6cc5c5cc6oc7ccccc7c6cc45)ccc32)cc1. The van der Waals surface area contributed by atoms with Crippen molar-refractivity contribution in [2.45, 2.75) is 0 Å². The Kier molecular flexibility index (Phi) is 4.45. The van der Waals surface area contributed by atoms with Crippen molar-refractivity contribution in [2.75, 3.05) is 0 Å². The van der Waals surface area contributed by atoms with Crippen molar-refractivity contribution in [3.63, 3.8) is 0 Å². The van der Waals surface area contributed by atoms with Crippen LogP contribution in [0.2, 0.25) is 0 Å². The van der Waals surface area contributed by atoms with Gasteiger partial charge in [0.1, 0.15) is 16.7 Å². The van der Waals surface area contributed by atoms with E-state index in [-0.39, 0.29) is 0 Å². The summed E-state index contributed by atoms with van der Waals surface area (Å²) in [6.07, 6.45) is 1.76. The maximum absolute atomic E-state index is 6.36. The molecule has 0 N–H and O–H groups in total. The van der Waals surface area contributed by atoms with E-state index in [9.17, 15) is 0 Å². The molecular weight excluding hydrogens is 526 g/mol. The van der Waals surface area contributed by atoms with Crippen LogP contribution >= 0.6 is 0 Å². The first-order valence-electron chi connectivity index (χ1n) is 14.6. The van der Waals surface area contributed by atoms with Crippen molar-refractivity contribution in [1.29, 1.82) is 0 Å². The molecule has 200 valence electrons. The fourth-order valence-corrected chi connectivity index (χ4v) is 7.06. The van der Waals surface area contributed by atoms with Gasteiger partial charge in [0.25, 0.3) is 0 Å². The third-order valence-corrected chi connectivity index (χ3v) is 9.02. The van der Waals surface area contributed by atoms with E-state index < -0.39 is 0 Å². The van der Waals surface area contributed by atoms with Gasteiger partial charge in [-0.15, -0.1) is 0 Å². The molecule has 0 saturated carbocycles. The zero-order chi connectivity index (χ0) is 28.1. The van der Waals surface area contributed by atoms with E-state index in [0.717, 1.165) is 44.0 Å². The van der Waals surface area contributed by atoms with Crippen LogP contribution in [-0.4, -0.2) is 4.57 Å². The van der Waals surface area contributed by atoms with Crippen molar-refractivity contribution in [2.24, 2.45) is 0 Å². The standard InChI is InChI=1S/C40H23NO2/c1-2-8-27(9-3-1)41-36-12-6-4-10-28(36)34-18-24(14-15-37(34)41)30-20-26-21-39-25(16-17-42-39)19-31(26)33-23-40-35(22-32(30)33)29-11-5-7-13-38(29)43-40/h1-23H. The molecule has 10 aromatic rings. The normalized spacial score (nSPS) is 12.2. The minimum atomic E-state index is 0.893. The molecule has 0 amide bonds. The predicted molar refractivity (Wildman–Crippen MR) is 178 cm³/mol. The summed E-state index contributed by atoms with van der Waals surface area (Å²) >= 11 is 0. The molecule has 0 atom stereocenters. The molecule has 0 radical (unpaired) electrons. The summed E-state index contributed by atoms with van der Waals surface area (Å²) in [5, 5.41) is 10.6. The largest absolute Gasteiger partial charge is 0.464 e. The molecule has 3 nitrogen and oxygen atoms in total. The molecule has 0 unspecified atom stereocenters. The van der Waals surface area contributed by atoms with Crippen molar-refractivity contribution in [1.82, 2.24) is 4.57 Å². The van der Waals surface area contributed by atoms with Crippen molar-refractivity contribution in [3.05, 3.63) is 140 Å². The van der Waals surface area contributed by atoms with Crippen LogP contribution in [0.25, 0.3) is 93.1 Å². The van der Waals surface area contributed by atoms with Gasteiger partial charge in [-0.1, -0.05) is 60.7 Å². The molecule has 10 rings (SSSR count). The third kappa shape index (κ3) is 3.19. The fourth-order valence-electron chi connectivity index (χ4n) is 7.06. The highest BCUT2D eigenvalue weighted by Gasteiger charge is 2.17. The van der Waals surface area contributed by atoms with Gasteiger partial charge in [-0.3, -0.25) is 0 Å². The number of furan rings is 2. The van der Waals surface area contributed by atoms with E-state index in [2.05, 4.69) is 120 Å². The molecule has 0 fully saturated rings. The van der Waals surface area contributed by atoms with E-state index in [0.29, 0.717) is 0 Å². The first-order valence-corrected chi connectivity index (χ1v) is 14.6. The number of hydrogen-bond donors (Lipinski definition) is 0. The molecule has 0 bridgehead atoms. The second-order valence-electron chi connectivity index (χ2n) is 11.4. The smallest absolute Gasteiger partial charge is 0.136 e. The second-order valence-corrected chi connectivity index (χ2v) is 11.4. The summed E-state index contributed by atoms with van der Waals surface area (Å²) in [5.41, 5.74) is 8.64. The number of fused-ring (bicyclic) bond motifs is 10. The molecule has 3 heterocycles. The lowest BCUT2D eigenvalue weighted by molar-refractivity contribution is 0.616. The summed E-state index contributed by atoms with van der Waals surface area (Å²) in [6, 6.07) is 47.8. The average molecular weight is 550 g/mol. The van der Waals surface area contributed by atoms with Gasteiger partial charge in [0.15, 0.2) is 0 Å². The van der Waals surface area contributed by atoms with Crippen LogP contribution in [0.4, 0.5) is 0 Å². The van der Waals surface area contributed by atoms with Crippen LogP contribution in [0.5, 0.6) is 0 Å². The lowest BCUT2D eigenvalue weighted by Crippen LogP contribution is -1.93. The van der Waals surface area contributed by atoms with E-state index in [1.807, 2.05) is 18.2 Å². The fraction of sp³-hybridized carbons (Fsp3) is 0. The molecule has 7 aromatic carbocycles. The Morgan fingerprint density at radius 2 is 1.23 bits per heavy atom. The average Bonchev–Trinajstić information content (AvgIpc) is 3.76. The molecular formula is C40H23NO2. The van der Waals surface area contributed by atoms with Crippen molar-refractivity contribution < 1.29 is 8.83 Å². The van der Waals surface area contributed by atoms with E-state index in [4.69, 9.17) is 8.83 Å². The first-order chi connectivity index (χ1) is 21.3. The van der Waals surface area contributed by atoms with Crippen molar-refractivity contribution >= 4 is 76.3 Å². The van der Waals surface area contributed by atoms with Gasteiger partial charge in [-0.2, -0.15) is 0 Å². The van der Waals surface area contributed by atoms with Crippen LogP contribution in [0.15, 0.2) is 149 Å². The van der Waals surface area contributed by atoms with E-state index in [1.54, 1.807) is 6.26 Å². The highest BCUT2D eigenvalue weighted by Crippen LogP contribution is 2.42. The highest BCUT2D eigenvalue weighted by molar-refractivity contribution is 6.22. The van der Waals surface area contributed by atoms with Gasteiger partial charge in [0.2, 0.25) is 0 Å². The Bertz CT molecular complexity index is 2720. The van der Waals surface area contributed by atoms with Crippen LogP contribution < -0.4 is 0 Å². The molecule has 0 aliphatic rings. The van der Waals surface area contributed by atoms with E-state index >= 15 is 0 Å². The number of hydrogen-bond acceptors (Lipinski definition) is 2. The van der Waals surface area contributed by atoms with Crippen LogP contribution in [0.3, 0.4) is 0 Å². The summed E-state index contributed by atoms with van der Waals surface area (Å²) in [6.45, 7) is 0. The molecule has 0 saturated heterocycles. The quantitative estimate of drug-likeness (QED) is 0.201. The Hall–Kier alpha value is -5.80. The summed E-state index contributed by atoms with van der Waals surface area (Å²) in [5.74, 6) is 0. The summed E-state index contributed by atoms with van der Waals surface area (Å²) in [7, 11) is 0. The van der Waals surface area contributed by atoms with Gasteiger partial charge in [-0.25, -0.2) is 0 Å². The maximum Gasteiger partial charge on any atom is 0.136 e. The van der Waals surface area contributed by atoms with Gasteiger partial charge >= 0.3 is 0 Å². The summed E-state index contributed by atoms with van der Waals surface area (Å²) in [4.78, 5) is 0. The number of nitrogens with zero attached hydrogens (tertiary/aromatic N) is 1. The van der Waals surface area contributed by atoms with Crippen molar-refractivity contribution in [3.8, 4) is 16.8 Å². The molecule has 3 heteroatoms. The van der Waals surface area contributed by atoms with Gasteiger partial charge in [0, 0.05) is 32.6 Å². The minimum absolute atomic E-state index is 0.893. The highest BCUT2D eigenvalue weighted by atomic mass is 16.3. The molecule has 0 spiro atoms. The maximum atomic E-state index is 6.36. The number of para-hydroxylation sites is 3. The predicted octanol–water partition coefficient (Wildman–Crippen LogP) is 11.4. The lowest BCUT2D eigenvalue weighted by atomic mass is 9.91. The molecule has 3 aromatic heterocycles. The zero-order valence-corrected chi connectivity index (χ0v) is 23.0. The van der Waals surface area contributed by atoms with Crippen LogP contribution in [-0.2, 0) is 0 Å². The lowest BCUT2D eigenvalue weighted by Gasteiger charge is -2.13. The third-order valence-electron chi connectivity index (χ3n) is 9.02. The second kappa shape index (κ2) is 8.37. The topological polar surface area (TPSA) is 31.2 Å². The zero-order valence-electron chi connectivity index (χ0n) is 23.0. The number of aromatic nitrogens is 1. The Labute approximate surface area is 245 Å². The Balaban J connectivity index is 1.33. The van der Waals surface area contributed by atoms with Crippen LogP contribution in [0.1, 0.15) is 0 Å². The first kappa shape index (κ1) is 22.8.